The average Bonchev–Trinajstić information content (AvgIpc) is 2.64. The maximum atomic E-state index is 12.3. The van der Waals surface area contributed by atoms with E-state index in [1.165, 1.54) is 12.5 Å². The zero-order valence-electron chi connectivity index (χ0n) is 8.38. The van der Waals surface area contributed by atoms with Gasteiger partial charge in [-0.1, -0.05) is 0 Å². The minimum atomic E-state index is -4.35. The molecule has 1 atom stereocenters. The fraction of sp³-hybridized carbons (Fsp3) is 0.444. The Hall–Kier alpha value is -1.08. The van der Waals surface area contributed by atoms with Crippen molar-refractivity contribution in [3.05, 3.63) is 21.9 Å². The Morgan fingerprint density at radius 2 is 2.25 bits per heavy atom. The molecule has 1 aromatic heterocycles. The van der Waals surface area contributed by atoms with E-state index in [0.717, 1.165) is 6.07 Å². The van der Waals surface area contributed by atoms with E-state index in [-0.39, 0.29) is 6.42 Å². The van der Waals surface area contributed by atoms with Crippen molar-refractivity contribution in [3.63, 3.8) is 0 Å². The van der Waals surface area contributed by atoms with E-state index in [9.17, 15) is 18.0 Å². The molecule has 0 amide bonds. The minimum absolute atomic E-state index is 0.0409. The van der Waals surface area contributed by atoms with Crippen LogP contribution in [-0.4, -0.2) is 19.1 Å². The van der Waals surface area contributed by atoms with Gasteiger partial charge in [0.1, 0.15) is 10.9 Å². The number of hydrogen-bond donors (Lipinski definition) is 1. The largest absolute Gasteiger partial charge is 0.468 e. The smallest absolute Gasteiger partial charge is 0.425 e. The van der Waals surface area contributed by atoms with Crippen molar-refractivity contribution < 1.29 is 22.7 Å². The van der Waals surface area contributed by atoms with Crippen molar-refractivity contribution in [1.29, 1.82) is 0 Å². The molecule has 1 unspecified atom stereocenters. The molecule has 0 aliphatic rings. The van der Waals surface area contributed by atoms with E-state index in [0.29, 0.717) is 16.9 Å². The Morgan fingerprint density at radius 3 is 2.69 bits per heavy atom. The predicted molar refractivity (Wildman–Crippen MR) is 53.0 cm³/mol. The Kier molecular flexibility index (Phi) is 3.93. The molecule has 0 saturated carbocycles. The van der Waals surface area contributed by atoms with Crippen LogP contribution in [-0.2, 0) is 22.1 Å². The van der Waals surface area contributed by atoms with Crippen molar-refractivity contribution in [1.82, 2.24) is 0 Å². The lowest BCUT2D eigenvalue weighted by Gasteiger charge is -2.07. The second-order valence-corrected chi connectivity index (χ2v) is 4.06. The van der Waals surface area contributed by atoms with Crippen LogP contribution in [0.5, 0.6) is 0 Å². The zero-order chi connectivity index (χ0) is 12.3. The topological polar surface area (TPSA) is 52.3 Å². The first-order valence-electron chi connectivity index (χ1n) is 4.32. The number of carbonyl (C=O) groups is 1. The zero-order valence-corrected chi connectivity index (χ0v) is 9.19. The van der Waals surface area contributed by atoms with E-state index in [1.54, 1.807) is 0 Å². The summed E-state index contributed by atoms with van der Waals surface area (Å²) in [5, 5.41) is 1.34. The summed E-state index contributed by atoms with van der Waals surface area (Å²) >= 11 is 0.585. The molecular weight excluding hydrogens is 243 g/mol. The summed E-state index contributed by atoms with van der Waals surface area (Å²) in [5.74, 6) is -0.639. The highest BCUT2D eigenvalue weighted by Gasteiger charge is 2.32. The van der Waals surface area contributed by atoms with E-state index >= 15 is 0 Å². The lowest BCUT2D eigenvalue weighted by molar-refractivity contribution is -0.142. The minimum Gasteiger partial charge on any atom is -0.468 e. The third-order valence-corrected chi connectivity index (χ3v) is 2.92. The molecule has 0 fully saturated rings. The average molecular weight is 253 g/mol. The first-order valence-corrected chi connectivity index (χ1v) is 5.20. The van der Waals surface area contributed by atoms with Crippen LogP contribution in [0.1, 0.15) is 10.4 Å². The van der Waals surface area contributed by atoms with Gasteiger partial charge in [-0.15, -0.1) is 11.3 Å². The van der Waals surface area contributed by atoms with E-state index in [2.05, 4.69) is 4.74 Å². The van der Waals surface area contributed by atoms with Crippen molar-refractivity contribution in [2.24, 2.45) is 5.73 Å². The van der Waals surface area contributed by atoms with Gasteiger partial charge in [-0.25, -0.2) is 0 Å². The summed E-state index contributed by atoms with van der Waals surface area (Å²) in [7, 11) is 1.18. The number of hydrogen-bond acceptors (Lipinski definition) is 4. The van der Waals surface area contributed by atoms with Crippen LogP contribution in [0.25, 0.3) is 0 Å². The van der Waals surface area contributed by atoms with E-state index in [4.69, 9.17) is 5.73 Å². The Bertz CT molecular complexity index is 375. The monoisotopic (exact) mass is 253 g/mol. The molecule has 0 radical (unpaired) electrons. The maximum Gasteiger partial charge on any atom is 0.425 e. The highest BCUT2D eigenvalue weighted by molar-refractivity contribution is 7.10. The number of rotatable bonds is 3. The summed E-state index contributed by atoms with van der Waals surface area (Å²) in [6.45, 7) is 0. The summed E-state index contributed by atoms with van der Waals surface area (Å²) in [5.41, 5.74) is 5.81. The number of halogens is 3. The van der Waals surface area contributed by atoms with Gasteiger partial charge in [-0.05, 0) is 23.4 Å². The molecule has 3 nitrogen and oxygen atoms in total. The highest BCUT2D eigenvalue weighted by Crippen LogP contribution is 2.34. The number of alkyl halides is 3. The van der Waals surface area contributed by atoms with Gasteiger partial charge in [0.2, 0.25) is 0 Å². The molecule has 0 aromatic carbocycles. The highest BCUT2D eigenvalue weighted by atomic mass is 32.1. The second kappa shape index (κ2) is 4.84. The van der Waals surface area contributed by atoms with Gasteiger partial charge < -0.3 is 10.5 Å². The summed E-state index contributed by atoms with van der Waals surface area (Å²) in [4.78, 5) is 10.3. The first-order chi connectivity index (χ1) is 7.34. The van der Waals surface area contributed by atoms with Gasteiger partial charge in [-0.3, -0.25) is 4.79 Å². The van der Waals surface area contributed by atoms with Crippen LogP contribution in [0.2, 0.25) is 0 Å². The number of thiophene rings is 1. The predicted octanol–water partition coefficient (Wildman–Crippen LogP) is 1.81. The molecule has 0 aliphatic carbocycles. The Labute approximate surface area is 94.0 Å². The van der Waals surface area contributed by atoms with Crippen LogP contribution in [0, 0.1) is 0 Å². The number of esters is 1. The third-order valence-electron chi connectivity index (χ3n) is 1.89. The molecule has 2 N–H and O–H groups in total. The molecule has 1 rings (SSSR count). The fourth-order valence-corrected chi connectivity index (χ4v) is 1.92. The van der Waals surface area contributed by atoms with Gasteiger partial charge in [0.25, 0.3) is 0 Å². The SMILES string of the molecule is COC(=O)C(N)Cc1csc(C(F)(F)F)c1. The lowest BCUT2D eigenvalue weighted by atomic mass is 10.1. The second-order valence-electron chi connectivity index (χ2n) is 3.15. The standard InChI is InChI=1S/C9H10F3NO2S/c1-15-8(14)6(13)2-5-3-7(16-4-5)9(10,11)12/h3-4,6H,2,13H2,1H3. The van der Waals surface area contributed by atoms with E-state index in [1.807, 2.05) is 0 Å². The van der Waals surface area contributed by atoms with Crippen molar-refractivity contribution in [3.8, 4) is 0 Å². The van der Waals surface area contributed by atoms with Crippen molar-refractivity contribution in [2.75, 3.05) is 7.11 Å². The number of carbonyl (C=O) groups excluding carboxylic acids is 1. The molecule has 0 spiro atoms. The first kappa shape index (κ1) is 13.0. The van der Waals surface area contributed by atoms with Crippen LogP contribution < -0.4 is 5.73 Å². The Morgan fingerprint density at radius 1 is 1.62 bits per heavy atom. The van der Waals surface area contributed by atoms with Gasteiger partial charge in [0.15, 0.2) is 0 Å². The normalized spacial score (nSPS) is 13.6. The molecule has 7 heteroatoms. The Balaban J connectivity index is 2.69. The van der Waals surface area contributed by atoms with Crippen LogP contribution in [0.4, 0.5) is 13.2 Å². The molecular formula is C9H10F3NO2S. The molecule has 0 saturated heterocycles. The third kappa shape index (κ3) is 3.21. The number of ether oxygens (including phenoxy) is 1. The molecule has 16 heavy (non-hydrogen) atoms. The van der Waals surface area contributed by atoms with Gasteiger partial charge in [0.05, 0.1) is 7.11 Å². The van der Waals surface area contributed by atoms with Crippen LogP contribution in [0.3, 0.4) is 0 Å². The summed E-state index contributed by atoms with van der Waals surface area (Å²) in [6.07, 6.45) is -4.31. The molecule has 0 bridgehead atoms. The molecule has 90 valence electrons. The molecule has 1 aromatic rings. The summed E-state index contributed by atoms with van der Waals surface area (Å²) < 4.78 is 41.1. The van der Waals surface area contributed by atoms with Crippen molar-refractivity contribution in [2.45, 2.75) is 18.6 Å². The lowest BCUT2D eigenvalue weighted by Crippen LogP contribution is -2.33. The fourth-order valence-electron chi connectivity index (χ4n) is 1.12. The number of methoxy groups -OCH3 is 1. The number of nitrogens with two attached hydrogens (primary N) is 1. The van der Waals surface area contributed by atoms with Crippen LogP contribution >= 0.6 is 11.3 Å². The van der Waals surface area contributed by atoms with Crippen LogP contribution in [0.15, 0.2) is 11.4 Å². The maximum absolute atomic E-state index is 12.3. The van der Waals surface area contributed by atoms with Crippen molar-refractivity contribution >= 4 is 17.3 Å². The van der Waals surface area contributed by atoms with E-state index < -0.39 is 23.1 Å². The van der Waals surface area contributed by atoms with Gasteiger partial charge in [-0.2, -0.15) is 13.2 Å². The molecule has 0 aliphatic heterocycles. The summed E-state index contributed by atoms with van der Waals surface area (Å²) in [6, 6.07) is 0.0636. The molecule has 1 heterocycles. The van der Waals surface area contributed by atoms with Gasteiger partial charge >= 0.3 is 12.1 Å². The quantitative estimate of drug-likeness (QED) is 0.836. The van der Waals surface area contributed by atoms with Gasteiger partial charge in [0, 0.05) is 0 Å².